The van der Waals surface area contributed by atoms with Gasteiger partial charge in [-0.1, -0.05) is 6.58 Å². The number of piperazine rings is 1. The molecule has 1 aromatic carbocycles. The normalized spacial score (nSPS) is 17.6. The van der Waals surface area contributed by atoms with Crippen LogP contribution in [-0.4, -0.2) is 78.4 Å². The monoisotopic (exact) mass is 603 g/mol. The number of alkyl halides is 3. The van der Waals surface area contributed by atoms with E-state index in [-0.39, 0.29) is 17.1 Å². The van der Waals surface area contributed by atoms with Gasteiger partial charge in [-0.05, 0) is 30.3 Å². The van der Waals surface area contributed by atoms with Crippen LogP contribution in [-0.2, 0) is 10.9 Å². The van der Waals surface area contributed by atoms with Crippen molar-refractivity contribution in [2.45, 2.75) is 6.18 Å². The second-order valence-corrected chi connectivity index (χ2v) is 10.6. The van der Waals surface area contributed by atoms with E-state index in [9.17, 15) is 18.0 Å². The molecule has 2 N–H and O–H groups in total. The molecule has 11 nitrogen and oxygen atoms in total. The molecule has 3 aliphatic rings. The minimum absolute atomic E-state index is 0.0420. The number of ether oxygens (including phenoxy) is 1. The summed E-state index contributed by atoms with van der Waals surface area (Å²) in [5.41, 5.74) is 2.24. The van der Waals surface area contributed by atoms with Gasteiger partial charge >= 0.3 is 12.2 Å². The molecule has 0 radical (unpaired) electrons. The highest BCUT2D eigenvalue weighted by Crippen LogP contribution is 2.44. The number of nitrogens with zero attached hydrogens (tertiary/aromatic N) is 7. The third kappa shape index (κ3) is 5.05. The van der Waals surface area contributed by atoms with Crippen molar-refractivity contribution in [3.63, 3.8) is 0 Å². The van der Waals surface area contributed by atoms with Crippen molar-refractivity contribution >= 4 is 45.8 Å². The molecular weight excluding hydrogens is 575 g/mol. The number of anilines is 4. The molecule has 3 aliphatic heterocycles. The minimum Gasteiger partial charge on any atom is -0.378 e. The lowest BCUT2D eigenvalue weighted by atomic mass is 10.0. The number of halogens is 3. The molecule has 6 heterocycles. The van der Waals surface area contributed by atoms with Crippen LogP contribution >= 0.6 is 0 Å². The Morgan fingerprint density at radius 2 is 1.66 bits per heavy atom. The lowest BCUT2D eigenvalue weighted by Crippen LogP contribution is -2.44. The summed E-state index contributed by atoms with van der Waals surface area (Å²) in [4.78, 5) is 36.8. The van der Waals surface area contributed by atoms with Crippen LogP contribution in [0.3, 0.4) is 0 Å². The number of morpholine rings is 1. The second-order valence-electron chi connectivity index (χ2n) is 10.6. The Morgan fingerprint density at radius 1 is 0.909 bits per heavy atom. The van der Waals surface area contributed by atoms with Crippen LogP contribution in [0.2, 0.25) is 0 Å². The van der Waals surface area contributed by atoms with Crippen LogP contribution in [0.5, 0.6) is 0 Å². The number of amides is 2. The van der Waals surface area contributed by atoms with Crippen molar-refractivity contribution in [2.75, 3.05) is 67.2 Å². The van der Waals surface area contributed by atoms with Gasteiger partial charge in [0.2, 0.25) is 5.95 Å². The van der Waals surface area contributed by atoms with E-state index in [0.717, 1.165) is 6.07 Å². The van der Waals surface area contributed by atoms with Gasteiger partial charge in [-0.2, -0.15) is 13.2 Å². The minimum atomic E-state index is -4.64. The van der Waals surface area contributed by atoms with Crippen LogP contribution in [0.15, 0.2) is 55.5 Å². The summed E-state index contributed by atoms with van der Waals surface area (Å²) in [5, 5.41) is 5.82. The SMILES string of the molecule is C=C1NC(=O)N(c2ccc(N3CCNCC3)c(C(F)(F)F)c2)c2c1cnc1ccc(-c3cnc(N4CCOCC4)nc3)nc21. The highest BCUT2D eigenvalue weighted by Gasteiger charge is 2.38. The lowest BCUT2D eigenvalue weighted by molar-refractivity contribution is -0.137. The largest absolute Gasteiger partial charge is 0.418 e. The summed E-state index contributed by atoms with van der Waals surface area (Å²) < 4.78 is 48.7. The third-order valence-corrected chi connectivity index (χ3v) is 7.93. The summed E-state index contributed by atoms with van der Waals surface area (Å²) in [6.07, 6.45) is 0.229. The molecule has 2 fully saturated rings. The summed E-state index contributed by atoms with van der Waals surface area (Å²) in [6, 6.07) is 6.83. The number of rotatable bonds is 4. The number of urea groups is 1. The number of carbonyl (C=O) groups excluding carboxylic acids is 1. The molecule has 0 atom stereocenters. The highest BCUT2D eigenvalue weighted by atomic mass is 19.4. The Balaban J connectivity index is 1.33. The predicted octanol–water partition coefficient (Wildman–Crippen LogP) is 4.18. The number of hydrogen-bond donors (Lipinski definition) is 2. The summed E-state index contributed by atoms with van der Waals surface area (Å²) in [5.74, 6) is 0.584. The maximum absolute atomic E-state index is 14.4. The molecule has 0 spiro atoms. The molecule has 3 aromatic heterocycles. The maximum Gasteiger partial charge on any atom is 0.418 e. The number of benzene rings is 1. The first kappa shape index (κ1) is 28.0. The van der Waals surface area contributed by atoms with Crippen LogP contribution in [0.1, 0.15) is 11.1 Å². The standard InChI is InChI=1S/C30H28F3N9O2/c1-18-21-17-35-24-4-3-23(19-15-36-28(37-16-19)41-10-12-44-13-11-41)39-26(24)27(21)42(29(43)38-18)20-2-5-25(22(14-20)30(31,32)33)40-8-6-34-7-9-40/h2-5,14-17,34H,1,6-13H2,(H,38,43). The van der Waals surface area contributed by atoms with Gasteiger partial charge in [0.05, 0.1) is 41.4 Å². The van der Waals surface area contributed by atoms with Gasteiger partial charge in [-0.3, -0.25) is 9.88 Å². The fourth-order valence-corrected chi connectivity index (χ4v) is 5.71. The van der Waals surface area contributed by atoms with E-state index in [0.29, 0.717) is 92.0 Å². The zero-order chi connectivity index (χ0) is 30.4. The van der Waals surface area contributed by atoms with E-state index in [1.165, 1.54) is 23.2 Å². The van der Waals surface area contributed by atoms with Crippen LogP contribution in [0, 0.1) is 0 Å². The molecule has 4 aromatic rings. The van der Waals surface area contributed by atoms with Crippen LogP contribution in [0.25, 0.3) is 28.0 Å². The second kappa shape index (κ2) is 11.0. The van der Waals surface area contributed by atoms with Crippen molar-refractivity contribution in [3.05, 3.63) is 66.6 Å². The van der Waals surface area contributed by atoms with Crippen molar-refractivity contribution in [2.24, 2.45) is 0 Å². The average Bonchev–Trinajstić information content (AvgIpc) is 3.05. The zero-order valence-electron chi connectivity index (χ0n) is 23.6. The van der Waals surface area contributed by atoms with Gasteiger partial charge in [-0.25, -0.2) is 19.7 Å². The van der Waals surface area contributed by atoms with Gasteiger partial charge in [0, 0.05) is 80.4 Å². The molecule has 0 bridgehead atoms. The number of aromatic nitrogens is 4. The fourth-order valence-electron chi connectivity index (χ4n) is 5.71. The first-order chi connectivity index (χ1) is 21.3. The van der Waals surface area contributed by atoms with Gasteiger partial charge in [-0.15, -0.1) is 0 Å². The molecule has 226 valence electrons. The Labute approximate surface area is 250 Å². The van der Waals surface area contributed by atoms with Gasteiger partial charge in [0.15, 0.2) is 0 Å². The maximum atomic E-state index is 14.4. The first-order valence-corrected chi connectivity index (χ1v) is 14.2. The molecule has 7 rings (SSSR count). The van der Waals surface area contributed by atoms with E-state index < -0.39 is 17.8 Å². The molecule has 0 saturated carbocycles. The van der Waals surface area contributed by atoms with Gasteiger partial charge in [0.25, 0.3) is 0 Å². The number of pyridine rings is 2. The number of fused-ring (bicyclic) bond motifs is 3. The summed E-state index contributed by atoms with van der Waals surface area (Å²) in [6.45, 7) is 8.59. The number of carbonyl (C=O) groups is 1. The number of hydrogen-bond acceptors (Lipinski definition) is 9. The van der Waals surface area contributed by atoms with Crippen molar-refractivity contribution in [1.29, 1.82) is 0 Å². The van der Waals surface area contributed by atoms with E-state index in [1.807, 2.05) is 4.90 Å². The third-order valence-electron chi connectivity index (χ3n) is 7.93. The topological polar surface area (TPSA) is 112 Å². The van der Waals surface area contributed by atoms with Crippen molar-refractivity contribution < 1.29 is 22.7 Å². The van der Waals surface area contributed by atoms with E-state index in [4.69, 9.17) is 9.72 Å². The van der Waals surface area contributed by atoms with Gasteiger partial charge in [0.1, 0.15) is 5.52 Å². The number of nitrogens with one attached hydrogen (secondary N) is 2. The Kier molecular flexibility index (Phi) is 7.01. The smallest absolute Gasteiger partial charge is 0.378 e. The molecular formula is C30H28F3N9O2. The van der Waals surface area contributed by atoms with Crippen LogP contribution in [0.4, 0.5) is 41.0 Å². The molecule has 2 saturated heterocycles. The Morgan fingerprint density at radius 3 is 2.39 bits per heavy atom. The zero-order valence-corrected chi connectivity index (χ0v) is 23.6. The van der Waals surface area contributed by atoms with Gasteiger partial charge < -0.3 is 25.2 Å². The first-order valence-electron chi connectivity index (χ1n) is 14.2. The molecule has 44 heavy (non-hydrogen) atoms. The predicted molar refractivity (Wildman–Crippen MR) is 160 cm³/mol. The highest BCUT2D eigenvalue weighted by molar-refractivity contribution is 6.14. The molecule has 0 aliphatic carbocycles. The van der Waals surface area contributed by atoms with E-state index in [2.05, 4.69) is 32.2 Å². The Hall–Kier alpha value is -4.82. The fraction of sp³-hybridized carbons (Fsp3) is 0.300. The average molecular weight is 604 g/mol. The van der Waals surface area contributed by atoms with Crippen LogP contribution < -0.4 is 25.3 Å². The summed E-state index contributed by atoms with van der Waals surface area (Å²) in [7, 11) is 0. The van der Waals surface area contributed by atoms with E-state index >= 15 is 0 Å². The van der Waals surface area contributed by atoms with Crippen molar-refractivity contribution in [1.82, 2.24) is 30.6 Å². The summed E-state index contributed by atoms with van der Waals surface area (Å²) >= 11 is 0. The molecule has 14 heteroatoms. The quantitative estimate of drug-likeness (QED) is 0.355. The van der Waals surface area contributed by atoms with E-state index in [1.54, 1.807) is 29.4 Å². The molecule has 2 amide bonds. The molecule has 0 unspecified atom stereocenters. The lowest BCUT2D eigenvalue weighted by Gasteiger charge is -2.34. The van der Waals surface area contributed by atoms with Crippen molar-refractivity contribution in [3.8, 4) is 11.3 Å². The Bertz CT molecular complexity index is 1750.